The van der Waals surface area contributed by atoms with Gasteiger partial charge in [-0.25, -0.2) is 4.79 Å². The van der Waals surface area contributed by atoms with E-state index in [4.69, 9.17) is 4.74 Å². The average molecular weight is 926 g/mol. The summed E-state index contributed by atoms with van der Waals surface area (Å²) in [6, 6.07) is 4.48. The van der Waals surface area contributed by atoms with Gasteiger partial charge in [-0.2, -0.15) is 0 Å². The first-order valence-corrected chi connectivity index (χ1v) is 14.9. The lowest BCUT2D eigenvalue weighted by Crippen LogP contribution is -2.47. The van der Waals surface area contributed by atoms with E-state index in [-0.39, 0.29) is 12.3 Å². The van der Waals surface area contributed by atoms with Gasteiger partial charge in [0.05, 0.1) is 11.1 Å². The minimum atomic E-state index is -1.13. The molecule has 1 atom stereocenters. The Morgan fingerprint density at radius 3 is 1.97 bits per heavy atom. The quantitative estimate of drug-likeness (QED) is 0.123. The number of carbonyl (C=O) groups is 4. The van der Waals surface area contributed by atoms with Gasteiger partial charge in [-0.15, -0.1) is 0 Å². The minimum Gasteiger partial charge on any atom is -0.454 e. The van der Waals surface area contributed by atoms with Crippen LogP contribution in [-0.4, -0.2) is 41.2 Å². The molecule has 0 radical (unpaired) electrons. The molecular formula is C24H22I4N2O5. The van der Waals surface area contributed by atoms with Crippen LogP contribution < -0.4 is 5.32 Å². The Bertz CT molecular complexity index is 1200. The van der Waals surface area contributed by atoms with E-state index < -0.39 is 36.3 Å². The Morgan fingerprint density at radius 1 is 0.943 bits per heavy atom. The van der Waals surface area contributed by atoms with Crippen LogP contribution >= 0.6 is 90.4 Å². The van der Waals surface area contributed by atoms with Gasteiger partial charge in [-0.05, 0) is 128 Å². The van der Waals surface area contributed by atoms with Gasteiger partial charge in [0.25, 0.3) is 17.7 Å². The van der Waals surface area contributed by atoms with Crippen LogP contribution in [-0.2, 0) is 14.3 Å². The molecule has 186 valence electrons. The lowest BCUT2D eigenvalue weighted by molar-refractivity contribution is -0.151. The van der Waals surface area contributed by atoms with Crippen LogP contribution in [0, 0.1) is 34.0 Å². The molecule has 3 rings (SSSR count). The van der Waals surface area contributed by atoms with E-state index in [1.54, 1.807) is 6.07 Å². The van der Waals surface area contributed by atoms with Crippen molar-refractivity contribution in [1.82, 2.24) is 4.90 Å². The van der Waals surface area contributed by atoms with Crippen LogP contribution in [0.5, 0.6) is 0 Å². The maximum atomic E-state index is 13.4. The minimum absolute atomic E-state index is 0.000636. The normalized spacial score (nSPS) is 13.8. The molecule has 0 spiro atoms. The van der Waals surface area contributed by atoms with Gasteiger partial charge in [-0.1, -0.05) is 31.5 Å². The van der Waals surface area contributed by atoms with Gasteiger partial charge < -0.3 is 10.1 Å². The zero-order valence-corrected chi connectivity index (χ0v) is 27.9. The summed E-state index contributed by atoms with van der Waals surface area (Å²) in [5, 5.41) is 2.73. The van der Waals surface area contributed by atoms with E-state index >= 15 is 0 Å². The van der Waals surface area contributed by atoms with Crippen molar-refractivity contribution in [2.75, 3.05) is 11.9 Å². The molecule has 0 aromatic heterocycles. The number of imide groups is 1. The number of ether oxygens (including phenoxy) is 1. The first-order valence-electron chi connectivity index (χ1n) is 10.6. The number of nitrogens with zero attached hydrogens (tertiary/aromatic N) is 1. The molecule has 0 unspecified atom stereocenters. The molecular weight excluding hydrogens is 904 g/mol. The molecule has 0 aliphatic carbocycles. The molecule has 2 aromatic carbocycles. The second-order valence-corrected chi connectivity index (χ2v) is 12.9. The maximum absolute atomic E-state index is 13.4. The number of hydrogen-bond acceptors (Lipinski definition) is 5. The molecule has 2 aromatic rings. The van der Waals surface area contributed by atoms with Crippen LogP contribution in [0.15, 0.2) is 18.2 Å². The summed E-state index contributed by atoms with van der Waals surface area (Å²) < 4.78 is 8.47. The van der Waals surface area contributed by atoms with Crippen LogP contribution in [0.2, 0.25) is 0 Å². The number of anilines is 1. The first-order chi connectivity index (χ1) is 16.3. The number of halogens is 4. The topological polar surface area (TPSA) is 92.8 Å². The Hall–Kier alpha value is -0.560. The van der Waals surface area contributed by atoms with Gasteiger partial charge in [-0.3, -0.25) is 19.3 Å². The third-order valence-electron chi connectivity index (χ3n) is 5.41. The Kier molecular flexibility index (Phi) is 9.84. The highest BCUT2D eigenvalue weighted by Crippen LogP contribution is 2.38. The van der Waals surface area contributed by atoms with Crippen molar-refractivity contribution in [3.05, 3.63) is 54.7 Å². The first kappa shape index (κ1) is 29.0. The van der Waals surface area contributed by atoms with E-state index in [0.29, 0.717) is 24.0 Å². The van der Waals surface area contributed by atoms with Crippen molar-refractivity contribution in [2.24, 2.45) is 5.92 Å². The summed E-state index contributed by atoms with van der Waals surface area (Å²) >= 11 is 8.46. The summed E-state index contributed by atoms with van der Waals surface area (Å²) in [4.78, 5) is 53.4. The fourth-order valence-corrected chi connectivity index (χ4v) is 7.43. The molecule has 35 heavy (non-hydrogen) atoms. The van der Waals surface area contributed by atoms with Crippen LogP contribution in [0.1, 0.15) is 52.1 Å². The second kappa shape index (κ2) is 11.9. The number of amides is 3. The lowest BCUT2D eigenvalue weighted by atomic mass is 10.0. The monoisotopic (exact) mass is 926 g/mol. The van der Waals surface area contributed by atoms with Crippen molar-refractivity contribution in [2.45, 2.75) is 40.2 Å². The molecule has 1 aliphatic heterocycles. The van der Waals surface area contributed by atoms with E-state index in [1.807, 2.05) is 39.8 Å². The Balaban J connectivity index is 1.82. The largest absolute Gasteiger partial charge is 0.454 e. The van der Waals surface area contributed by atoms with Gasteiger partial charge in [0.1, 0.15) is 6.04 Å². The second-order valence-electron chi connectivity index (χ2n) is 8.61. The SMILES string of the molecule is Cc1ccc(NC(=O)COC(=O)[C@@H](CC(C)C)N2C(=O)c3c(I)c(I)c(I)c(I)c3C2=O)c(C)c1. The summed E-state index contributed by atoms with van der Waals surface area (Å²) in [5.41, 5.74) is 3.22. The van der Waals surface area contributed by atoms with Crippen molar-refractivity contribution in [3.8, 4) is 0 Å². The number of aryl methyl sites for hydroxylation is 2. The number of hydrogen-bond donors (Lipinski definition) is 1. The summed E-state index contributed by atoms with van der Waals surface area (Å²) in [7, 11) is 0. The highest BCUT2D eigenvalue weighted by atomic mass is 127. The highest BCUT2D eigenvalue weighted by molar-refractivity contribution is 14.1. The summed E-state index contributed by atoms with van der Waals surface area (Å²) in [6.45, 7) is 7.10. The standard InChI is InChI=1S/C24H22I4N2O5/c1-10(2)7-14(24(34)35-9-15(31)29-13-6-5-11(3)8-12(13)4)30-22(32)16-17(23(30)33)19(26)21(28)20(27)18(16)25/h5-6,8,10,14H,7,9H2,1-4H3,(H,29,31)/t14-/m1/s1. The molecule has 7 nitrogen and oxygen atoms in total. The van der Waals surface area contributed by atoms with Crippen LogP contribution in [0.4, 0.5) is 5.69 Å². The Labute approximate surface area is 258 Å². The van der Waals surface area contributed by atoms with Crippen molar-refractivity contribution >= 4 is 120 Å². The van der Waals surface area contributed by atoms with Gasteiger partial charge in [0.2, 0.25) is 0 Å². The molecule has 0 saturated heterocycles. The predicted octanol–water partition coefficient (Wildman–Crippen LogP) is 5.91. The zero-order chi connectivity index (χ0) is 26.2. The van der Waals surface area contributed by atoms with E-state index in [0.717, 1.165) is 23.2 Å². The van der Waals surface area contributed by atoms with Gasteiger partial charge in [0.15, 0.2) is 6.61 Å². The number of rotatable bonds is 7. The zero-order valence-electron chi connectivity index (χ0n) is 19.3. The Morgan fingerprint density at radius 2 is 1.49 bits per heavy atom. The fourth-order valence-electron chi connectivity index (χ4n) is 3.78. The van der Waals surface area contributed by atoms with Gasteiger partial charge >= 0.3 is 5.97 Å². The van der Waals surface area contributed by atoms with Gasteiger partial charge in [0, 0.05) is 20.0 Å². The maximum Gasteiger partial charge on any atom is 0.329 e. The molecule has 0 bridgehead atoms. The molecule has 0 fully saturated rings. The van der Waals surface area contributed by atoms with E-state index in [9.17, 15) is 19.2 Å². The van der Waals surface area contributed by atoms with Crippen molar-refractivity contribution < 1.29 is 23.9 Å². The molecule has 3 amide bonds. The number of benzene rings is 2. The highest BCUT2D eigenvalue weighted by Gasteiger charge is 2.47. The number of esters is 1. The predicted molar refractivity (Wildman–Crippen MR) is 167 cm³/mol. The van der Waals surface area contributed by atoms with Crippen molar-refractivity contribution in [1.29, 1.82) is 0 Å². The molecule has 1 heterocycles. The van der Waals surface area contributed by atoms with E-state index in [2.05, 4.69) is 95.7 Å². The van der Waals surface area contributed by atoms with Crippen molar-refractivity contribution in [3.63, 3.8) is 0 Å². The third kappa shape index (κ3) is 6.13. The van der Waals surface area contributed by atoms with E-state index in [1.165, 1.54) is 0 Å². The number of carbonyl (C=O) groups excluding carboxylic acids is 4. The average Bonchev–Trinajstić information content (AvgIpc) is 3.04. The molecule has 1 aliphatic rings. The van der Waals surface area contributed by atoms with Crippen LogP contribution in [0.25, 0.3) is 0 Å². The summed E-state index contributed by atoms with van der Waals surface area (Å²) in [5.74, 6) is -2.30. The fraction of sp³-hybridized carbons (Fsp3) is 0.333. The molecule has 1 N–H and O–H groups in total. The number of fused-ring (bicyclic) bond motifs is 1. The lowest BCUT2D eigenvalue weighted by Gasteiger charge is -2.26. The third-order valence-corrected chi connectivity index (χ3v) is 12.8. The molecule has 11 heteroatoms. The summed E-state index contributed by atoms with van der Waals surface area (Å²) in [6.07, 6.45) is 0.227. The smallest absolute Gasteiger partial charge is 0.329 e. The molecule has 0 saturated carbocycles. The number of nitrogens with one attached hydrogen (secondary N) is 1. The van der Waals surface area contributed by atoms with Crippen LogP contribution in [0.3, 0.4) is 0 Å².